The van der Waals surface area contributed by atoms with Gasteiger partial charge in [-0.3, -0.25) is 14.6 Å². The number of hydrogen-bond donors (Lipinski definition) is 4. The lowest BCUT2D eigenvalue weighted by atomic mass is 9.72. The molecule has 5 N–H and O–H groups in total. The molecule has 23 heavy (non-hydrogen) atoms. The number of amides is 1. The lowest BCUT2D eigenvalue weighted by molar-refractivity contribution is -0.139. The standard InChI is InChI=1S/C12H17BN4O5S/c1-15-10(7-5-23-12(14)16-7)11(20)17-8-3-2-6(4-9(18)19)22-13(8)21/h5-6,8,21H,2-4H2,1H3,(H2,14,16)(H,17,20)(H,18,19)/t6-,8-/m0/s1. The largest absolute Gasteiger partial charge is 0.481 e. The van der Waals surface area contributed by atoms with E-state index in [0.717, 1.165) is 0 Å². The van der Waals surface area contributed by atoms with Crippen LogP contribution in [0.1, 0.15) is 25.0 Å². The maximum absolute atomic E-state index is 12.3. The number of aromatic nitrogens is 1. The van der Waals surface area contributed by atoms with Crippen LogP contribution in [0.5, 0.6) is 0 Å². The number of aliphatic imine (C=N–C) groups is 1. The van der Waals surface area contributed by atoms with Crippen LogP contribution in [0.4, 0.5) is 5.13 Å². The van der Waals surface area contributed by atoms with E-state index in [-0.39, 0.29) is 12.1 Å². The summed E-state index contributed by atoms with van der Waals surface area (Å²) in [7, 11) is 0.192. The van der Waals surface area contributed by atoms with Gasteiger partial charge >= 0.3 is 13.1 Å². The minimum absolute atomic E-state index is 0.109. The van der Waals surface area contributed by atoms with Crippen molar-refractivity contribution in [2.45, 2.75) is 31.3 Å². The highest BCUT2D eigenvalue weighted by atomic mass is 32.1. The molecule has 1 aliphatic rings. The molecule has 1 aliphatic heterocycles. The second-order valence-electron chi connectivity index (χ2n) is 5.05. The van der Waals surface area contributed by atoms with Crippen LogP contribution >= 0.6 is 11.3 Å². The van der Waals surface area contributed by atoms with Crippen molar-refractivity contribution in [3.8, 4) is 0 Å². The Hall–Kier alpha value is -1.98. The number of anilines is 1. The topological polar surface area (TPSA) is 147 Å². The van der Waals surface area contributed by atoms with Crippen molar-refractivity contribution in [2.24, 2.45) is 4.99 Å². The summed E-state index contributed by atoms with van der Waals surface area (Å²) in [6, 6.07) is 0. The molecule has 2 atom stereocenters. The second kappa shape index (κ2) is 7.53. The van der Waals surface area contributed by atoms with Gasteiger partial charge in [-0.15, -0.1) is 11.3 Å². The number of aliphatic carboxylic acids is 1. The van der Waals surface area contributed by atoms with Gasteiger partial charge in [-0.25, -0.2) is 4.98 Å². The minimum atomic E-state index is -1.27. The lowest BCUT2D eigenvalue weighted by Gasteiger charge is -2.30. The molecule has 9 nitrogen and oxygen atoms in total. The van der Waals surface area contributed by atoms with Gasteiger partial charge < -0.3 is 25.8 Å². The van der Waals surface area contributed by atoms with Crippen LogP contribution in [0.15, 0.2) is 10.4 Å². The Balaban J connectivity index is 1.96. The Morgan fingerprint density at radius 1 is 1.61 bits per heavy atom. The van der Waals surface area contributed by atoms with Crippen LogP contribution in [0, 0.1) is 0 Å². The molecule has 1 fully saturated rings. The fourth-order valence-electron chi connectivity index (χ4n) is 2.32. The van der Waals surface area contributed by atoms with E-state index in [9.17, 15) is 14.6 Å². The molecule has 2 heterocycles. The molecule has 2 rings (SSSR count). The maximum atomic E-state index is 12.3. The average Bonchev–Trinajstić information content (AvgIpc) is 2.88. The van der Waals surface area contributed by atoms with Crippen LogP contribution in [0.2, 0.25) is 0 Å². The second-order valence-corrected chi connectivity index (χ2v) is 5.94. The fourth-order valence-corrected chi connectivity index (χ4v) is 2.87. The van der Waals surface area contributed by atoms with Gasteiger partial charge in [-0.1, -0.05) is 0 Å². The van der Waals surface area contributed by atoms with Crippen molar-refractivity contribution in [2.75, 3.05) is 12.8 Å². The Labute approximate surface area is 136 Å². The zero-order chi connectivity index (χ0) is 17.0. The van der Waals surface area contributed by atoms with Crippen molar-refractivity contribution >= 4 is 41.2 Å². The number of hydrogen-bond acceptors (Lipinski definition) is 8. The first-order valence-corrected chi connectivity index (χ1v) is 7.83. The summed E-state index contributed by atoms with van der Waals surface area (Å²) in [5.74, 6) is -2.13. The quantitative estimate of drug-likeness (QED) is 0.409. The van der Waals surface area contributed by atoms with Gasteiger partial charge in [-0.05, 0) is 12.8 Å². The molecule has 0 radical (unpaired) electrons. The number of nitrogens with two attached hydrogens (primary N) is 1. The fraction of sp³-hybridized carbons (Fsp3) is 0.500. The third-order valence-corrected chi connectivity index (χ3v) is 4.07. The highest BCUT2D eigenvalue weighted by molar-refractivity contribution is 7.13. The molecule has 11 heteroatoms. The lowest BCUT2D eigenvalue weighted by Crippen LogP contribution is -2.54. The van der Waals surface area contributed by atoms with Gasteiger partial charge in [0.15, 0.2) is 5.13 Å². The van der Waals surface area contributed by atoms with Gasteiger partial charge in [0.1, 0.15) is 11.4 Å². The van der Waals surface area contributed by atoms with E-state index in [1.807, 2.05) is 0 Å². The first-order chi connectivity index (χ1) is 10.9. The van der Waals surface area contributed by atoms with E-state index in [1.165, 1.54) is 18.4 Å². The molecule has 0 spiro atoms. The van der Waals surface area contributed by atoms with E-state index in [2.05, 4.69) is 15.3 Å². The van der Waals surface area contributed by atoms with Crippen molar-refractivity contribution < 1.29 is 24.4 Å². The monoisotopic (exact) mass is 340 g/mol. The minimum Gasteiger partial charge on any atom is -0.481 e. The highest BCUT2D eigenvalue weighted by Crippen LogP contribution is 2.19. The Kier molecular flexibility index (Phi) is 5.69. The molecular weight excluding hydrogens is 323 g/mol. The van der Waals surface area contributed by atoms with E-state index in [4.69, 9.17) is 15.5 Å². The third kappa shape index (κ3) is 4.50. The summed E-state index contributed by atoms with van der Waals surface area (Å²) < 4.78 is 5.22. The first kappa shape index (κ1) is 17.4. The van der Waals surface area contributed by atoms with Gasteiger partial charge in [-0.2, -0.15) is 0 Å². The number of nitrogens with one attached hydrogen (secondary N) is 1. The van der Waals surface area contributed by atoms with Crippen LogP contribution in [-0.4, -0.2) is 58.9 Å². The van der Waals surface area contributed by atoms with Gasteiger partial charge in [0.05, 0.1) is 18.5 Å². The summed E-state index contributed by atoms with van der Waals surface area (Å²) >= 11 is 1.19. The van der Waals surface area contributed by atoms with Crippen LogP contribution in [0.3, 0.4) is 0 Å². The Bertz CT molecular complexity index is 622. The number of rotatable bonds is 5. The predicted molar refractivity (Wildman–Crippen MR) is 85.3 cm³/mol. The number of nitrogen functional groups attached to an aromatic ring is 1. The van der Waals surface area contributed by atoms with Crippen molar-refractivity contribution in [1.82, 2.24) is 10.3 Å². The molecule has 0 bridgehead atoms. The third-order valence-electron chi connectivity index (χ3n) is 3.40. The number of nitrogens with zero attached hydrogens (tertiary/aromatic N) is 2. The highest BCUT2D eigenvalue weighted by Gasteiger charge is 2.37. The number of thiazole rings is 1. The molecule has 0 aromatic carbocycles. The predicted octanol–water partition coefficient (Wildman–Crippen LogP) is -0.698. The Morgan fingerprint density at radius 3 is 2.87 bits per heavy atom. The number of carbonyl (C=O) groups excluding carboxylic acids is 1. The molecule has 0 aliphatic carbocycles. The van der Waals surface area contributed by atoms with Gasteiger partial charge in [0.25, 0.3) is 5.91 Å². The Morgan fingerprint density at radius 2 is 2.35 bits per heavy atom. The SMILES string of the molecule is CN=C(C(=O)N[C@H]1CC[C@@H](CC(=O)O)OB1O)c1csc(N)n1. The molecule has 1 aromatic rings. The zero-order valence-corrected chi connectivity index (χ0v) is 13.2. The van der Waals surface area contributed by atoms with E-state index in [1.54, 1.807) is 5.38 Å². The van der Waals surface area contributed by atoms with Crippen LogP contribution in [0.25, 0.3) is 0 Å². The normalized spacial score (nSPS) is 22.0. The molecule has 1 amide bonds. The van der Waals surface area contributed by atoms with Crippen molar-refractivity contribution in [1.29, 1.82) is 0 Å². The van der Waals surface area contributed by atoms with Crippen molar-refractivity contribution in [3.63, 3.8) is 0 Å². The number of carbonyl (C=O) groups is 2. The summed E-state index contributed by atoms with van der Waals surface area (Å²) in [4.78, 5) is 30.9. The summed E-state index contributed by atoms with van der Waals surface area (Å²) in [5.41, 5.74) is 6.02. The molecule has 0 unspecified atom stereocenters. The zero-order valence-electron chi connectivity index (χ0n) is 12.4. The van der Waals surface area contributed by atoms with Crippen LogP contribution in [-0.2, 0) is 14.2 Å². The smallest absolute Gasteiger partial charge is 0.478 e. The summed E-state index contributed by atoms with van der Waals surface area (Å²) in [5, 5.41) is 23.2. The molecule has 1 aromatic heterocycles. The summed E-state index contributed by atoms with van der Waals surface area (Å²) in [6.45, 7) is 0. The van der Waals surface area contributed by atoms with Gasteiger partial charge in [0.2, 0.25) is 0 Å². The van der Waals surface area contributed by atoms with E-state index < -0.39 is 31.0 Å². The number of carboxylic acid groups (broad SMARTS) is 1. The van der Waals surface area contributed by atoms with Crippen molar-refractivity contribution in [3.05, 3.63) is 11.1 Å². The summed E-state index contributed by atoms with van der Waals surface area (Å²) in [6.07, 6.45) is 0.0862. The molecule has 124 valence electrons. The van der Waals surface area contributed by atoms with Gasteiger partial charge in [0, 0.05) is 12.4 Å². The number of carboxylic acids is 1. The average molecular weight is 340 g/mol. The molecular formula is C12H17BN4O5S. The molecule has 1 saturated heterocycles. The molecule has 0 saturated carbocycles. The van der Waals surface area contributed by atoms with E-state index >= 15 is 0 Å². The van der Waals surface area contributed by atoms with Crippen LogP contribution < -0.4 is 11.1 Å². The first-order valence-electron chi connectivity index (χ1n) is 6.95. The van der Waals surface area contributed by atoms with E-state index in [0.29, 0.717) is 23.7 Å². The maximum Gasteiger partial charge on any atom is 0.478 e.